The maximum absolute atomic E-state index is 8.76. The van der Waals surface area contributed by atoms with Gasteiger partial charge in [-0.2, -0.15) is 5.26 Å². The second-order valence-corrected chi connectivity index (χ2v) is 4.44. The standard InChI is InChI=1S/C8H9N3S2/c9-2-1-6-7(12)11-5(3-10)4-13-8(6)11/h4,6,8H,1-2,9H2/t6?,8-/m0/s1. The summed E-state index contributed by atoms with van der Waals surface area (Å²) < 4.78 is 0. The molecule has 5 heteroatoms. The number of allylic oxidation sites excluding steroid dienone is 1. The van der Waals surface area contributed by atoms with Crippen LogP contribution in [0.4, 0.5) is 0 Å². The number of nitrogens with two attached hydrogens (primary N) is 1. The summed E-state index contributed by atoms with van der Waals surface area (Å²) in [5.74, 6) is 0.395. The van der Waals surface area contributed by atoms with Crippen LogP contribution in [-0.4, -0.2) is 21.8 Å². The van der Waals surface area contributed by atoms with E-state index in [-0.39, 0.29) is 0 Å². The van der Waals surface area contributed by atoms with E-state index >= 15 is 0 Å². The summed E-state index contributed by atoms with van der Waals surface area (Å²) in [7, 11) is 0. The highest BCUT2D eigenvalue weighted by Gasteiger charge is 2.48. The number of thiocarbonyl (C=S) groups is 1. The lowest BCUT2D eigenvalue weighted by molar-refractivity contribution is 0.323. The quantitative estimate of drug-likeness (QED) is 0.691. The normalized spacial score (nSPS) is 30.6. The predicted molar refractivity (Wildman–Crippen MR) is 56.7 cm³/mol. The molecule has 0 aliphatic carbocycles. The van der Waals surface area contributed by atoms with Crippen LogP contribution < -0.4 is 5.73 Å². The Morgan fingerprint density at radius 2 is 2.54 bits per heavy atom. The van der Waals surface area contributed by atoms with Crippen LogP contribution in [0.15, 0.2) is 11.1 Å². The molecule has 2 heterocycles. The van der Waals surface area contributed by atoms with Crippen LogP contribution in [0.3, 0.4) is 0 Å². The second kappa shape index (κ2) is 3.29. The smallest absolute Gasteiger partial charge is 0.128 e. The first-order valence-corrected chi connectivity index (χ1v) is 5.43. The highest BCUT2D eigenvalue weighted by Crippen LogP contribution is 2.46. The molecule has 2 N–H and O–H groups in total. The molecular formula is C8H9N3S2. The number of hydrogen-bond acceptors (Lipinski definition) is 4. The molecule has 2 aliphatic heterocycles. The highest BCUT2D eigenvalue weighted by atomic mass is 32.2. The Kier molecular flexibility index (Phi) is 2.28. The second-order valence-electron chi connectivity index (χ2n) is 3.03. The predicted octanol–water partition coefficient (Wildman–Crippen LogP) is 1.03. The van der Waals surface area contributed by atoms with Crippen molar-refractivity contribution in [1.29, 1.82) is 5.26 Å². The van der Waals surface area contributed by atoms with E-state index in [9.17, 15) is 0 Å². The van der Waals surface area contributed by atoms with Gasteiger partial charge in [-0.15, -0.1) is 11.8 Å². The van der Waals surface area contributed by atoms with Crippen molar-refractivity contribution in [2.75, 3.05) is 6.54 Å². The zero-order valence-corrected chi connectivity index (χ0v) is 8.57. The van der Waals surface area contributed by atoms with Crippen LogP contribution in [0, 0.1) is 17.2 Å². The van der Waals surface area contributed by atoms with E-state index in [1.54, 1.807) is 11.8 Å². The lowest BCUT2D eigenvalue weighted by atomic mass is 9.95. The maximum atomic E-state index is 8.76. The van der Waals surface area contributed by atoms with Gasteiger partial charge >= 0.3 is 0 Å². The van der Waals surface area contributed by atoms with Crippen molar-refractivity contribution in [3.63, 3.8) is 0 Å². The topological polar surface area (TPSA) is 53.1 Å². The number of hydrogen-bond donors (Lipinski definition) is 1. The first-order valence-electron chi connectivity index (χ1n) is 4.08. The molecule has 0 saturated carbocycles. The van der Waals surface area contributed by atoms with Crippen LogP contribution in [0.2, 0.25) is 0 Å². The van der Waals surface area contributed by atoms with E-state index in [0.29, 0.717) is 23.5 Å². The van der Waals surface area contributed by atoms with Crippen molar-refractivity contribution in [3.05, 3.63) is 11.1 Å². The molecule has 1 saturated heterocycles. The Morgan fingerprint density at radius 3 is 3.15 bits per heavy atom. The lowest BCUT2D eigenvalue weighted by Gasteiger charge is -2.45. The summed E-state index contributed by atoms with van der Waals surface area (Å²) in [4.78, 5) is 2.81. The van der Waals surface area contributed by atoms with Crippen molar-refractivity contribution in [2.45, 2.75) is 11.8 Å². The minimum Gasteiger partial charge on any atom is -0.330 e. The summed E-state index contributed by atoms with van der Waals surface area (Å²) in [5.41, 5.74) is 6.17. The molecule has 0 aromatic rings. The average molecular weight is 211 g/mol. The number of thioether (sulfide) groups is 1. The molecule has 0 bridgehead atoms. The van der Waals surface area contributed by atoms with Crippen molar-refractivity contribution in [2.24, 2.45) is 11.7 Å². The number of fused-ring (bicyclic) bond motifs is 1. The first kappa shape index (κ1) is 9.00. The number of nitriles is 1. The van der Waals surface area contributed by atoms with Gasteiger partial charge in [0.05, 0.1) is 10.4 Å². The molecule has 2 aliphatic rings. The number of nitrogens with zero attached hydrogens (tertiary/aromatic N) is 2. The van der Waals surface area contributed by atoms with Crippen LogP contribution in [0.5, 0.6) is 0 Å². The van der Waals surface area contributed by atoms with Gasteiger partial charge in [0.15, 0.2) is 0 Å². The largest absolute Gasteiger partial charge is 0.330 e. The lowest BCUT2D eigenvalue weighted by Crippen LogP contribution is -2.55. The van der Waals surface area contributed by atoms with Crippen molar-refractivity contribution < 1.29 is 0 Å². The molecule has 0 radical (unpaired) electrons. The van der Waals surface area contributed by atoms with Gasteiger partial charge in [-0.05, 0) is 13.0 Å². The third kappa shape index (κ3) is 1.17. The Hall–Kier alpha value is -0.570. The van der Waals surface area contributed by atoms with Gasteiger partial charge in [0, 0.05) is 11.3 Å². The van der Waals surface area contributed by atoms with E-state index < -0.39 is 0 Å². The van der Waals surface area contributed by atoms with Gasteiger partial charge in [-0.3, -0.25) is 0 Å². The minimum absolute atomic E-state index is 0.352. The zero-order chi connectivity index (χ0) is 9.42. The van der Waals surface area contributed by atoms with E-state index in [4.69, 9.17) is 23.2 Å². The summed E-state index contributed by atoms with van der Waals surface area (Å²) in [6.45, 7) is 0.664. The molecule has 0 aromatic carbocycles. The van der Waals surface area contributed by atoms with Gasteiger partial charge in [0.1, 0.15) is 11.8 Å². The van der Waals surface area contributed by atoms with Crippen LogP contribution in [-0.2, 0) is 0 Å². The summed E-state index contributed by atoms with van der Waals surface area (Å²) >= 11 is 6.89. The third-order valence-electron chi connectivity index (χ3n) is 2.32. The fourth-order valence-corrected chi connectivity index (χ4v) is 3.50. The molecule has 2 atom stereocenters. The SMILES string of the molecule is N#CC1=CS[C@H]2C(CCN)C(=S)N12. The Bertz CT molecular complexity index is 318. The zero-order valence-electron chi connectivity index (χ0n) is 6.93. The summed E-state index contributed by atoms with van der Waals surface area (Å²) in [6, 6.07) is 2.14. The molecule has 2 rings (SSSR count). The molecule has 13 heavy (non-hydrogen) atoms. The van der Waals surface area contributed by atoms with Gasteiger partial charge in [-0.1, -0.05) is 12.2 Å². The average Bonchev–Trinajstić information content (AvgIpc) is 2.53. The molecular weight excluding hydrogens is 202 g/mol. The minimum atomic E-state index is 0.352. The Morgan fingerprint density at radius 1 is 1.77 bits per heavy atom. The monoisotopic (exact) mass is 211 g/mol. The van der Waals surface area contributed by atoms with E-state index in [2.05, 4.69) is 6.07 Å². The summed E-state index contributed by atoms with van der Waals surface area (Å²) in [5, 5.41) is 11.0. The van der Waals surface area contributed by atoms with E-state index in [1.807, 2.05) is 10.3 Å². The highest BCUT2D eigenvalue weighted by molar-refractivity contribution is 8.03. The fraction of sp³-hybridized carbons (Fsp3) is 0.500. The van der Waals surface area contributed by atoms with Crippen molar-refractivity contribution in [1.82, 2.24) is 4.90 Å². The molecule has 0 amide bonds. The molecule has 68 valence electrons. The molecule has 1 unspecified atom stereocenters. The summed E-state index contributed by atoms with van der Waals surface area (Å²) in [6.07, 6.45) is 0.930. The van der Waals surface area contributed by atoms with Crippen molar-refractivity contribution >= 4 is 29.0 Å². The van der Waals surface area contributed by atoms with Gasteiger partial charge in [-0.25, -0.2) is 0 Å². The fourth-order valence-electron chi connectivity index (χ4n) is 1.65. The third-order valence-corrected chi connectivity index (χ3v) is 4.00. The first-order chi connectivity index (χ1) is 6.29. The van der Waals surface area contributed by atoms with E-state index in [1.165, 1.54) is 0 Å². The molecule has 1 fully saturated rings. The van der Waals surface area contributed by atoms with Gasteiger partial charge < -0.3 is 10.6 Å². The number of rotatable bonds is 2. The Labute approximate surface area is 86.6 Å². The Balaban J connectivity index is 2.09. The van der Waals surface area contributed by atoms with Crippen LogP contribution in [0.25, 0.3) is 0 Å². The van der Waals surface area contributed by atoms with E-state index in [0.717, 1.165) is 11.4 Å². The molecule has 0 aromatic heterocycles. The van der Waals surface area contributed by atoms with Gasteiger partial charge in [0.25, 0.3) is 0 Å². The van der Waals surface area contributed by atoms with Gasteiger partial charge in [0.2, 0.25) is 0 Å². The molecule has 0 spiro atoms. The van der Waals surface area contributed by atoms with Crippen molar-refractivity contribution in [3.8, 4) is 6.07 Å². The van der Waals surface area contributed by atoms with Crippen LogP contribution >= 0.6 is 24.0 Å². The van der Waals surface area contributed by atoms with Crippen LogP contribution in [0.1, 0.15) is 6.42 Å². The molecule has 3 nitrogen and oxygen atoms in total. The maximum Gasteiger partial charge on any atom is 0.128 e.